The van der Waals surface area contributed by atoms with Gasteiger partial charge in [0.15, 0.2) is 0 Å². The van der Waals surface area contributed by atoms with Gasteiger partial charge >= 0.3 is 5.69 Å². The summed E-state index contributed by atoms with van der Waals surface area (Å²) in [6.45, 7) is 6.84. The summed E-state index contributed by atoms with van der Waals surface area (Å²) in [5.74, 6) is 0.00753. The normalized spacial score (nSPS) is 18.9. The van der Waals surface area contributed by atoms with E-state index >= 15 is 0 Å². The molecule has 0 radical (unpaired) electrons. The number of anilines is 1. The van der Waals surface area contributed by atoms with E-state index in [0.717, 1.165) is 0 Å². The van der Waals surface area contributed by atoms with Gasteiger partial charge in [0.1, 0.15) is 17.4 Å². The summed E-state index contributed by atoms with van der Waals surface area (Å²) in [5.41, 5.74) is 0.673. The highest BCUT2D eigenvalue weighted by Crippen LogP contribution is 2.43. The van der Waals surface area contributed by atoms with Crippen LogP contribution in [0.1, 0.15) is 20.8 Å². The number of nitrogens with zero attached hydrogens (tertiary/aromatic N) is 4. The molecule has 3 heterocycles. The van der Waals surface area contributed by atoms with Gasteiger partial charge in [-0.25, -0.2) is 14.2 Å². The van der Waals surface area contributed by atoms with Gasteiger partial charge < -0.3 is 19.7 Å². The second kappa shape index (κ2) is 8.75. The number of hydrogen-bond acceptors (Lipinski definition) is 5. The Labute approximate surface area is 219 Å². The first-order valence-corrected chi connectivity index (χ1v) is 12.3. The molecule has 1 saturated heterocycles. The number of hydrogen-bond donors (Lipinski definition) is 2. The van der Waals surface area contributed by atoms with E-state index in [9.17, 15) is 19.4 Å². The fourth-order valence-corrected chi connectivity index (χ4v) is 5.04. The Morgan fingerprint density at radius 1 is 1.00 bits per heavy atom. The van der Waals surface area contributed by atoms with E-state index < -0.39 is 11.4 Å². The van der Waals surface area contributed by atoms with Gasteiger partial charge in [0, 0.05) is 55.3 Å². The Kier molecular flexibility index (Phi) is 5.92. The number of phenolic OH excluding ortho intramolecular Hbond substituents is 1. The molecule has 0 spiro atoms. The molecule has 1 atom stereocenters. The Bertz CT molecular complexity index is 1560. The lowest BCUT2D eigenvalue weighted by molar-refractivity contribution is -0.00891. The number of phenols is 1. The van der Waals surface area contributed by atoms with Crippen LogP contribution in [0.15, 0.2) is 65.8 Å². The summed E-state index contributed by atoms with van der Waals surface area (Å²) in [5, 5.41) is 22.3. The maximum absolute atomic E-state index is 14.8. The Hall–Kier alpha value is -3.62. The number of aryl methyl sites for hydroxylation is 1. The second-order valence-corrected chi connectivity index (χ2v) is 10.9. The highest BCUT2D eigenvalue weighted by molar-refractivity contribution is 6.32. The van der Waals surface area contributed by atoms with E-state index in [1.165, 1.54) is 21.3 Å². The molecule has 9 heteroatoms. The molecule has 5 rings (SSSR count). The van der Waals surface area contributed by atoms with Crippen LogP contribution >= 0.6 is 11.6 Å². The smallest absolute Gasteiger partial charge is 0.332 e. The minimum absolute atomic E-state index is 0.104. The summed E-state index contributed by atoms with van der Waals surface area (Å²) in [7, 11) is 1.64. The van der Waals surface area contributed by atoms with E-state index in [2.05, 4.69) is 4.98 Å². The van der Waals surface area contributed by atoms with Crippen LogP contribution in [0.2, 0.25) is 5.02 Å². The number of imidazole rings is 1. The molecule has 1 aliphatic rings. The summed E-state index contributed by atoms with van der Waals surface area (Å²) >= 11 is 6.50. The predicted octanol–water partition coefficient (Wildman–Crippen LogP) is 5.00. The molecule has 1 unspecified atom stereocenters. The number of aromatic hydroxyl groups is 1. The van der Waals surface area contributed by atoms with Crippen molar-refractivity contribution in [2.45, 2.75) is 26.4 Å². The highest BCUT2D eigenvalue weighted by atomic mass is 35.5. The standard InChI is InChI=1S/C28H28ClFN4O3/c1-27(2)15-33(16-28(27,3)37)24-12-18(7-8-31-24)21-14-19(30)13-20(25(21)35)17-5-6-23(22(29)11-17)34-10-9-32(4)26(34)36/h5-14,35,37H,15-16H2,1-4H3. The Morgan fingerprint density at radius 2 is 1.68 bits per heavy atom. The fourth-order valence-electron chi connectivity index (χ4n) is 4.77. The van der Waals surface area contributed by atoms with Gasteiger partial charge in [0.2, 0.25) is 0 Å². The second-order valence-electron chi connectivity index (χ2n) is 10.5. The van der Waals surface area contributed by atoms with E-state index in [4.69, 9.17) is 11.6 Å². The Balaban J connectivity index is 1.54. The van der Waals surface area contributed by atoms with Gasteiger partial charge in [-0.15, -0.1) is 0 Å². The lowest BCUT2D eigenvalue weighted by Crippen LogP contribution is -2.40. The zero-order valence-electron chi connectivity index (χ0n) is 21.0. The van der Waals surface area contributed by atoms with Crippen LogP contribution in [-0.2, 0) is 7.05 Å². The van der Waals surface area contributed by atoms with Gasteiger partial charge in [-0.3, -0.25) is 4.57 Å². The fraction of sp³-hybridized carbons (Fsp3) is 0.286. The molecule has 1 aliphatic heterocycles. The van der Waals surface area contributed by atoms with Gasteiger partial charge in [0.25, 0.3) is 0 Å². The third-order valence-corrected chi connectivity index (χ3v) is 7.77. The van der Waals surface area contributed by atoms with E-state index in [0.29, 0.717) is 41.3 Å². The first kappa shape index (κ1) is 25.0. The topological polar surface area (TPSA) is 83.5 Å². The van der Waals surface area contributed by atoms with Crippen LogP contribution in [0.4, 0.5) is 10.2 Å². The van der Waals surface area contributed by atoms with E-state index in [1.807, 2.05) is 25.7 Å². The van der Waals surface area contributed by atoms with Crippen molar-refractivity contribution in [1.82, 2.24) is 14.1 Å². The molecule has 2 N–H and O–H groups in total. The van der Waals surface area contributed by atoms with Crippen LogP contribution in [-0.4, -0.2) is 43.0 Å². The molecule has 4 aromatic rings. The van der Waals surface area contributed by atoms with Crippen LogP contribution in [0.5, 0.6) is 5.75 Å². The van der Waals surface area contributed by atoms with Crippen LogP contribution < -0.4 is 10.6 Å². The number of aliphatic hydroxyl groups is 1. The molecule has 0 aliphatic carbocycles. The predicted molar refractivity (Wildman–Crippen MR) is 143 cm³/mol. The summed E-state index contributed by atoms with van der Waals surface area (Å²) in [6.07, 6.45) is 4.85. The van der Waals surface area contributed by atoms with Gasteiger partial charge in [-0.1, -0.05) is 31.5 Å². The molecule has 1 fully saturated rings. The molecule has 37 heavy (non-hydrogen) atoms. The van der Waals surface area contributed by atoms with E-state index in [1.54, 1.807) is 56.0 Å². The van der Waals surface area contributed by atoms with Crippen molar-refractivity contribution in [3.63, 3.8) is 0 Å². The SMILES string of the molecule is Cn1ccn(-c2ccc(-c3cc(F)cc(-c4ccnc(N5CC(C)(C)C(C)(O)C5)c4)c3O)cc2Cl)c1=O. The van der Waals surface area contributed by atoms with Crippen molar-refractivity contribution in [3.8, 4) is 33.7 Å². The van der Waals surface area contributed by atoms with Crippen molar-refractivity contribution in [3.05, 3.63) is 82.4 Å². The molecule has 0 saturated carbocycles. The minimum atomic E-state index is -0.894. The lowest BCUT2D eigenvalue weighted by Gasteiger charge is -2.30. The highest BCUT2D eigenvalue weighted by Gasteiger charge is 2.48. The van der Waals surface area contributed by atoms with Gasteiger partial charge in [-0.2, -0.15) is 0 Å². The maximum atomic E-state index is 14.8. The average molecular weight is 523 g/mol. The zero-order valence-corrected chi connectivity index (χ0v) is 21.8. The van der Waals surface area contributed by atoms with Crippen molar-refractivity contribution in [2.24, 2.45) is 12.5 Å². The Morgan fingerprint density at radius 3 is 2.24 bits per heavy atom. The minimum Gasteiger partial charge on any atom is -0.507 e. The van der Waals surface area contributed by atoms with Crippen LogP contribution in [0.3, 0.4) is 0 Å². The molecule has 0 bridgehead atoms. The van der Waals surface area contributed by atoms with Crippen molar-refractivity contribution >= 4 is 17.4 Å². The zero-order chi connectivity index (χ0) is 26.7. The van der Waals surface area contributed by atoms with Gasteiger partial charge in [0.05, 0.1) is 16.3 Å². The third-order valence-electron chi connectivity index (χ3n) is 7.46. The van der Waals surface area contributed by atoms with Crippen LogP contribution in [0, 0.1) is 11.2 Å². The number of rotatable bonds is 4. The number of benzene rings is 2. The summed E-state index contributed by atoms with van der Waals surface area (Å²) < 4.78 is 17.7. The molecule has 0 amide bonds. The number of halogens is 2. The lowest BCUT2D eigenvalue weighted by atomic mass is 9.79. The van der Waals surface area contributed by atoms with Gasteiger partial charge in [-0.05, 0) is 54.4 Å². The maximum Gasteiger partial charge on any atom is 0.332 e. The number of pyridine rings is 1. The van der Waals surface area contributed by atoms with Crippen molar-refractivity contribution in [1.29, 1.82) is 0 Å². The largest absolute Gasteiger partial charge is 0.507 e. The molecular formula is C28H28ClFN4O3. The van der Waals surface area contributed by atoms with Crippen molar-refractivity contribution in [2.75, 3.05) is 18.0 Å². The van der Waals surface area contributed by atoms with Crippen LogP contribution in [0.25, 0.3) is 27.9 Å². The molecule has 2 aromatic heterocycles. The summed E-state index contributed by atoms with van der Waals surface area (Å²) in [4.78, 5) is 18.8. The summed E-state index contributed by atoms with van der Waals surface area (Å²) in [6, 6.07) is 11.0. The van der Waals surface area contributed by atoms with E-state index in [-0.39, 0.29) is 27.4 Å². The average Bonchev–Trinajstić information content (AvgIpc) is 3.28. The molecule has 192 valence electrons. The quantitative estimate of drug-likeness (QED) is 0.394. The first-order chi connectivity index (χ1) is 17.4. The monoisotopic (exact) mass is 522 g/mol. The molecule has 7 nitrogen and oxygen atoms in total. The number of β-amino-alcohol motifs (C(OH)–C–C–N with tert-alkyl or cyclic N) is 1. The first-order valence-electron chi connectivity index (χ1n) is 11.9. The molecule has 2 aromatic carbocycles. The number of aromatic nitrogens is 3. The third kappa shape index (κ3) is 4.30. The molecular weight excluding hydrogens is 495 g/mol. The van der Waals surface area contributed by atoms with Crippen molar-refractivity contribution < 1.29 is 14.6 Å².